The van der Waals surface area contributed by atoms with Gasteiger partial charge in [0.05, 0.1) is 0 Å². The van der Waals surface area contributed by atoms with E-state index in [2.05, 4.69) is 4.98 Å². The van der Waals surface area contributed by atoms with Gasteiger partial charge in [0.2, 0.25) is 0 Å². The second-order valence-electron chi connectivity index (χ2n) is 2.74. The summed E-state index contributed by atoms with van der Waals surface area (Å²) < 4.78 is 1.51. The Morgan fingerprint density at radius 2 is 2.36 bits per heavy atom. The molecule has 0 fully saturated rings. The third kappa shape index (κ3) is 1.15. The fourth-order valence-electron chi connectivity index (χ4n) is 1.26. The number of carboxylic acid groups (broad SMARTS) is 1. The predicted molar refractivity (Wildman–Crippen MR) is 47.5 cm³/mol. The van der Waals surface area contributed by atoms with Crippen LogP contribution < -0.4 is 0 Å². The number of carbonyl (C=O) groups is 2. The molecule has 0 aliphatic heterocycles. The minimum Gasteiger partial charge on any atom is -0.478 e. The van der Waals surface area contributed by atoms with Gasteiger partial charge in [-0.15, -0.1) is 0 Å². The standard InChI is InChI=1S/C9H6N2O3/c12-5-6-4-11-3-1-2-7(9(13)14)8(11)10-6/h1-5H,(H,13,14). The molecule has 0 aromatic carbocycles. The SMILES string of the molecule is O=Cc1cn2cccc(C(=O)O)c2n1. The molecule has 2 aromatic rings. The maximum Gasteiger partial charge on any atom is 0.339 e. The number of carbonyl (C=O) groups excluding carboxylic acids is 1. The van der Waals surface area contributed by atoms with Crippen LogP contribution in [0.15, 0.2) is 24.5 Å². The van der Waals surface area contributed by atoms with Gasteiger partial charge < -0.3 is 9.51 Å². The molecule has 0 radical (unpaired) electrons. The number of rotatable bonds is 2. The molecule has 0 amide bonds. The van der Waals surface area contributed by atoms with Crippen LogP contribution in [0.2, 0.25) is 0 Å². The molecule has 0 atom stereocenters. The lowest BCUT2D eigenvalue weighted by molar-refractivity contribution is 0.0698. The maximum atomic E-state index is 10.8. The Hall–Kier alpha value is -2.17. The number of imidazole rings is 1. The van der Waals surface area contributed by atoms with Crippen molar-refractivity contribution < 1.29 is 14.7 Å². The normalized spacial score (nSPS) is 10.3. The number of aldehydes is 1. The highest BCUT2D eigenvalue weighted by molar-refractivity contribution is 5.94. The van der Waals surface area contributed by atoms with Crippen molar-refractivity contribution in [3.63, 3.8) is 0 Å². The average Bonchev–Trinajstić information content (AvgIpc) is 2.59. The Kier molecular flexibility index (Phi) is 1.78. The van der Waals surface area contributed by atoms with Gasteiger partial charge in [-0.05, 0) is 12.1 Å². The summed E-state index contributed by atoms with van der Waals surface area (Å²) in [7, 11) is 0. The fourth-order valence-corrected chi connectivity index (χ4v) is 1.26. The predicted octanol–water partition coefficient (Wildman–Crippen LogP) is 0.845. The van der Waals surface area contributed by atoms with E-state index in [-0.39, 0.29) is 16.9 Å². The molecule has 0 saturated carbocycles. The molecule has 1 N–H and O–H groups in total. The monoisotopic (exact) mass is 190 g/mol. The number of nitrogens with zero attached hydrogens (tertiary/aromatic N) is 2. The Balaban J connectivity index is 2.79. The van der Waals surface area contributed by atoms with Crippen LogP contribution in [0.4, 0.5) is 0 Å². The van der Waals surface area contributed by atoms with Crippen LogP contribution in [-0.2, 0) is 0 Å². The molecule has 2 aromatic heterocycles. The summed E-state index contributed by atoms with van der Waals surface area (Å²) in [6.45, 7) is 0. The number of pyridine rings is 1. The molecule has 0 spiro atoms. The fraction of sp³-hybridized carbons (Fsp3) is 0. The summed E-state index contributed by atoms with van der Waals surface area (Å²) in [6.07, 6.45) is 3.70. The summed E-state index contributed by atoms with van der Waals surface area (Å²) >= 11 is 0. The first-order valence-corrected chi connectivity index (χ1v) is 3.88. The van der Waals surface area contributed by atoms with E-state index < -0.39 is 5.97 Å². The Labute approximate surface area is 78.6 Å². The average molecular weight is 190 g/mol. The Morgan fingerprint density at radius 3 is 3.00 bits per heavy atom. The van der Waals surface area contributed by atoms with Gasteiger partial charge in [-0.1, -0.05) is 0 Å². The molecule has 0 aliphatic carbocycles. The molecule has 0 aliphatic rings. The quantitative estimate of drug-likeness (QED) is 0.712. The van der Waals surface area contributed by atoms with Crippen molar-refractivity contribution >= 4 is 17.9 Å². The topological polar surface area (TPSA) is 71.7 Å². The molecule has 0 saturated heterocycles. The molecular weight excluding hydrogens is 184 g/mol. The number of fused-ring (bicyclic) bond motifs is 1. The van der Waals surface area contributed by atoms with Gasteiger partial charge in [0.1, 0.15) is 11.3 Å². The van der Waals surface area contributed by atoms with E-state index in [0.29, 0.717) is 6.29 Å². The van der Waals surface area contributed by atoms with Crippen molar-refractivity contribution in [2.45, 2.75) is 0 Å². The summed E-state index contributed by atoms with van der Waals surface area (Å²) in [6, 6.07) is 3.03. The van der Waals surface area contributed by atoms with Crippen molar-refractivity contribution in [1.29, 1.82) is 0 Å². The third-order valence-electron chi connectivity index (χ3n) is 1.85. The first kappa shape index (κ1) is 8.43. The summed E-state index contributed by atoms with van der Waals surface area (Å²) in [5.41, 5.74) is 0.585. The van der Waals surface area contributed by atoms with E-state index in [1.165, 1.54) is 16.7 Å². The summed E-state index contributed by atoms with van der Waals surface area (Å²) in [5, 5.41) is 8.82. The van der Waals surface area contributed by atoms with Crippen LogP contribution in [0.25, 0.3) is 5.65 Å². The molecule has 0 bridgehead atoms. The smallest absolute Gasteiger partial charge is 0.339 e. The second-order valence-corrected chi connectivity index (χ2v) is 2.74. The Morgan fingerprint density at radius 1 is 1.57 bits per heavy atom. The molecule has 70 valence electrons. The highest BCUT2D eigenvalue weighted by atomic mass is 16.4. The first-order chi connectivity index (χ1) is 6.72. The van der Waals surface area contributed by atoms with Gasteiger partial charge in [-0.2, -0.15) is 0 Å². The number of carboxylic acids is 1. The van der Waals surface area contributed by atoms with Gasteiger partial charge in [-0.3, -0.25) is 4.79 Å². The van der Waals surface area contributed by atoms with Gasteiger partial charge in [-0.25, -0.2) is 9.78 Å². The zero-order valence-electron chi connectivity index (χ0n) is 7.04. The molecule has 5 heteroatoms. The summed E-state index contributed by atoms with van der Waals surface area (Å²) in [5.74, 6) is -1.06. The van der Waals surface area contributed by atoms with Crippen LogP contribution in [0.5, 0.6) is 0 Å². The van der Waals surface area contributed by atoms with E-state index in [4.69, 9.17) is 5.11 Å². The van der Waals surface area contributed by atoms with Crippen LogP contribution in [0.3, 0.4) is 0 Å². The van der Waals surface area contributed by atoms with E-state index in [9.17, 15) is 9.59 Å². The number of hydrogen-bond acceptors (Lipinski definition) is 3. The first-order valence-electron chi connectivity index (χ1n) is 3.88. The lowest BCUT2D eigenvalue weighted by Gasteiger charge is -1.96. The van der Waals surface area contributed by atoms with E-state index in [1.54, 1.807) is 12.3 Å². The molecule has 2 rings (SSSR count). The van der Waals surface area contributed by atoms with Crippen LogP contribution in [0, 0.1) is 0 Å². The molecule has 0 unspecified atom stereocenters. The Bertz CT molecular complexity index is 516. The zero-order chi connectivity index (χ0) is 10.1. The maximum absolute atomic E-state index is 10.8. The van der Waals surface area contributed by atoms with E-state index in [0.717, 1.165) is 0 Å². The molecule has 5 nitrogen and oxygen atoms in total. The van der Waals surface area contributed by atoms with Crippen LogP contribution >= 0.6 is 0 Å². The zero-order valence-corrected chi connectivity index (χ0v) is 7.04. The van der Waals surface area contributed by atoms with Crippen molar-refractivity contribution in [1.82, 2.24) is 9.38 Å². The van der Waals surface area contributed by atoms with E-state index >= 15 is 0 Å². The van der Waals surface area contributed by atoms with Gasteiger partial charge in [0, 0.05) is 12.4 Å². The van der Waals surface area contributed by atoms with E-state index in [1.807, 2.05) is 0 Å². The van der Waals surface area contributed by atoms with Gasteiger partial charge >= 0.3 is 5.97 Å². The minimum absolute atomic E-state index is 0.0839. The van der Waals surface area contributed by atoms with Crippen molar-refractivity contribution in [3.05, 3.63) is 35.8 Å². The lowest BCUT2D eigenvalue weighted by Crippen LogP contribution is -1.99. The van der Waals surface area contributed by atoms with Crippen LogP contribution in [0.1, 0.15) is 20.8 Å². The molecule has 14 heavy (non-hydrogen) atoms. The number of hydrogen-bond donors (Lipinski definition) is 1. The third-order valence-corrected chi connectivity index (χ3v) is 1.85. The van der Waals surface area contributed by atoms with Gasteiger partial charge in [0.15, 0.2) is 11.9 Å². The molecular formula is C9H6N2O3. The largest absolute Gasteiger partial charge is 0.478 e. The van der Waals surface area contributed by atoms with Crippen molar-refractivity contribution in [2.75, 3.05) is 0 Å². The number of aromatic nitrogens is 2. The highest BCUT2D eigenvalue weighted by Gasteiger charge is 2.10. The summed E-state index contributed by atoms with van der Waals surface area (Å²) in [4.78, 5) is 25.1. The highest BCUT2D eigenvalue weighted by Crippen LogP contribution is 2.09. The number of aromatic carboxylic acids is 1. The van der Waals surface area contributed by atoms with Gasteiger partial charge in [0.25, 0.3) is 0 Å². The minimum atomic E-state index is -1.06. The molecule has 2 heterocycles. The second kappa shape index (κ2) is 2.95. The van der Waals surface area contributed by atoms with Crippen LogP contribution in [-0.4, -0.2) is 26.7 Å². The van der Waals surface area contributed by atoms with Crippen molar-refractivity contribution in [3.8, 4) is 0 Å². The van der Waals surface area contributed by atoms with Crippen molar-refractivity contribution in [2.24, 2.45) is 0 Å². The lowest BCUT2D eigenvalue weighted by atomic mass is 10.3.